The van der Waals surface area contributed by atoms with Gasteiger partial charge in [0.2, 0.25) is 0 Å². The molecule has 0 aliphatic heterocycles. The predicted octanol–water partition coefficient (Wildman–Crippen LogP) is 4.30. The molecule has 29 heavy (non-hydrogen) atoms. The Morgan fingerprint density at radius 2 is 1.79 bits per heavy atom. The Morgan fingerprint density at radius 1 is 1.03 bits per heavy atom. The molecule has 0 amide bonds. The van der Waals surface area contributed by atoms with Crippen LogP contribution in [0, 0.1) is 11.3 Å². The van der Waals surface area contributed by atoms with Gasteiger partial charge in [-0.3, -0.25) is 0 Å². The van der Waals surface area contributed by atoms with Crippen LogP contribution >= 0.6 is 0 Å². The zero-order valence-corrected chi connectivity index (χ0v) is 15.8. The van der Waals surface area contributed by atoms with E-state index in [0.717, 1.165) is 10.8 Å². The van der Waals surface area contributed by atoms with Crippen LogP contribution in [-0.2, 0) is 4.79 Å². The minimum absolute atomic E-state index is 0.241. The minimum atomic E-state index is -1.28. The number of carbonyl (C=O) groups is 1. The maximum Gasteiger partial charge on any atom is 0.346 e. The maximum absolute atomic E-state index is 11.3. The quantitative estimate of drug-likeness (QED) is 0.351. The monoisotopic (exact) mass is 389 g/mol. The highest BCUT2D eigenvalue weighted by atomic mass is 16.5. The lowest BCUT2D eigenvalue weighted by molar-refractivity contribution is -0.132. The van der Waals surface area contributed by atoms with Crippen molar-refractivity contribution in [3.63, 3.8) is 0 Å². The van der Waals surface area contributed by atoms with Gasteiger partial charge in [-0.15, -0.1) is 0 Å². The highest BCUT2D eigenvalue weighted by Gasteiger charge is 2.12. The van der Waals surface area contributed by atoms with Gasteiger partial charge in [-0.2, -0.15) is 5.26 Å². The third kappa shape index (κ3) is 4.85. The van der Waals surface area contributed by atoms with Gasteiger partial charge >= 0.3 is 5.97 Å². The first-order valence-electron chi connectivity index (χ1n) is 8.89. The molecule has 6 heteroatoms. The van der Waals surface area contributed by atoms with E-state index >= 15 is 0 Å². The largest absolute Gasteiger partial charge is 0.497 e. The first kappa shape index (κ1) is 19.8. The van der Waals surface area contributed by atoms with E-state index in [1.54, 1.807) is 25.3 Å². The Bertz CT molecular complexity index is 1100. The summed E-state index contributed by atoms with van der Waals surface area (Å²) in [7, 11) is 1.59. The van der Waals surface area contributed by atoms with E-state index in [1.165, 1.54) is 6.08 Å². The molecule has 0 aromatic heterocycles. The first-order chi connectivity index (χ1) is 14.1. The number of fused-ring (bicyclic) bond motifs is 1. The zero-order valence-electron chi connectivity index (χ0n) is 15.8. The molecule has 0 unspecified atom stereocenters. The number of nitriles is 1. The molecule has 0 aliphatic rings. The van der Waals surface area contributed by atoms with E-state index in [-0.39, 0.29) is 18.8 Å². The number of rotatable bonds is 8. The molecule has 0 saturated carbocycles. The molecular weight excluding hydrogens is 370 g/mol. The maximum atomic E-state index is 11.3. The van der Waals surface area contributed by atoms with Gasteiger partial charge in [0, 0.05) is 11.6 Å². The van der Waals surface area contributed by atoms with Crippen molar-refractivity contribution in [1.82, 2.24) is 0 Å². The average Bonchev–Trinajstić information content (AvgIpc) is 2.75. The molecule has 0 spiro atoms. The fraction of sp³-hybridized carbons (Fsp3) is 0.130. The van der Waals surface area contributed by atoms with Gasteiger partial charge in [0.15, 0.2) is 0 Å². The second kappa shape index (κ2) is 9.29. The molecule has 0 heterocycles. The third-order valence-electron chi connectivity index (χ3n) is 4.22. The van der Waals surface area contributed by atoms with E-state index in [2.05, 4.69) is 0 Å². The summed E-state index contributed by atoms with van der Waals surface area (Å²) in [6, 6.07) is 20.1. The van der Waals surface area contributed by atoms with E-state index in [1.807, 2.05) is 48.5 Å². The Labute approximate surface area is 168 Å². The van der Waals surface area contributed by atoms with Crippen molar-refractivity contribution in [1.29, 1.82) is 5.26 Å². The lowest BCUT2D eigenvalue weighted by atomic mass is 10.0. The predicted molar refractivity (Wildman–Crippen MR) is 109 cm³/mol. The topological polar surface area (TPSA) is 88.8 Å². The number of hydrogen-bond donors (Lipinski definition) is 1. The number of ether oxygens (including phenoxy) is 3. The van der Waals surface area contributed by atoms with Crippen molar-refractivity contribution in [2.75, 3.05) is 20.3 Å². The summed E-state index contributed by atoms with van der Waals surface area (Å²) in [5, 5.41) is 20.1. The van der Waals surface area contributed by atoms with Gasteiger partial charge in [0.1, 0.15) is 42.1 Å². The molecule has 0 bridgehead atoms. The van der Waals surface area contributed by atoms with Gasteiger partial charge in [0.25, 0.3) is 0 Å². The molecule has 0 atom stereocenters. The van der Waals surface area contributed by atoms with Crippen molar-refractivity contribution in [2.45, 2.75) is 0 Å². The Kier molecular flexibility index (Phi) is 6.33. The van der Waals surface area contributed by atoms with Crippen LogP contribution in [0.3, 0.4) is 0 Å². The van der Waals surface area contributed by atoms with Crippen LogP contribution in [0.15, 0.2) is 66.2 Å². The molecule has 1 N–H and O–H groups in total. The smallest absolute Gasteiger partial charge is 0.346 e. The summed E-state index contributed by atoms with van der Waals surface area (Å²) in [5.74, 6) is 0.548. The number of nitrogens with zero attached hydrogens (tertiary/aromatic N) is 1. The van der Waals surface area contributed by atoms with Gasteiger partial charge in [-0.1, -0.05) is 36.4 Å². The highest BCUT2D eigenvalue weighted by molar-refractivity contribution is 6.01. The van der Waals surface area contributed by atoms with Crippen LogP contribution in [0.4, 0.5) is 0 Å². The molecule has 146 valence electrons. The van der Waals surface area contributed by atoms with Crippen LogP contribution in [0.2, 0.25) is 0 Å². The number of carboxylic acid groups (broad SMARTS) is 1. The Hall–Kier alpha value is -3.98. The summed E-state index contributed by atoms with van der Waals surface area (Å²) in [4.78, 5) is 11.3. The van der Waals surface area contributed by atoms with E-state index in [0.29, 0.717) is 22.8 Å². The highest BCUT2D eigenvalue weighted by Crippen LogP contribution is 2.30. The van der Waals surface area contributed by atoms with Crippen LogP contribution in [0.25, 0.3) is 16.8 Å². The van der Waals surface area contributed by atoms with Crippen LogP contribution < -0.4 is 14.2 Å². The van der Waals surface area contributed by atoms with Crippen molar-refractivity contribution < 1.29 is 24.1 Å². The van der Waals surface area contributed by atoms with Crippen LogP contribution in [0.1, 0.15) is 5.56 Å². The van der Waals surface area contributed by atoms with E-state index < -0.39 is 5.97 Å². The molecule has 3 aromatic carbocycles. The van der Waals surface area contributed by atoms with Gasteiger partial charge in [-0.05, 0) is 35.0 Å². The summed E-state index contributed by atoms with van der Waals surface area (Å²) in [6.45, 7) is 0.526. The Balaban J connectivity index is 1.80. The zero-order chi connectivity index (χ0) is 20.6. The summed E-state index contributed by atoms with van der Waals surface area (Å²) < 4.78 is 16.7. The second-order valence-electron chi connectivity index (χ2n) is 6.05. The molecule has 0 fully saturated rings. The molecule has 0 saturated heterocycles. The lowest BCUT2D eigenvalue weighted by Gasteiger charge is -2.13. The number of hydrogen-bond acceptors (Lipinski definition) is 5. The van der Waals surface area contributed by atoms with Crippen molar-refractivity contribution >= 4 is 22.8 Å². The van der Waals surface area contributed by atoms with Crippen LogP contribution in [0.5, 0.6) is 17.2 Å². The molecule has 3 aromatic rings. The number of aliphatic carboxylic acids is 1. The molecular formula is C23H19NO5. The standard InChI is InChI=1S/C23H19NO5/c1-27-18-6-4-7-19(14-18)28-11-12-29-22-10-9-16-5-2-3-8-20(16)21(22)13-17(15-24)23(25)26/h2-10,13-14H,11-12H2,1H3,(H,25,26). The fourth-order valence-electron chi connectivity index (χ4n) is 2.84. The Morgan fingerprint density at radius 3 is 2.55 bits per heavy atom. The summed E-state index contributed by atoms with van der Waals surface area (Å²) in [5.41, 5.74) is 0.183. The van der Waals surface area contributed by atoms with E-state index in [4.69, 9.17) is 19.5 Å². The van der Waals surface area contributed by atoms with Crippen molar-refractivity contribution in [3.8, 4) is 23.3 Å². The van der Waals surface area contributed by atoms with Gasteiger partial charge in [0.05, 0.1) is 7.11 Å². The van der Waals surface area contributed by atoms with Gasteiger partial charge in [-0.25, -0.2) is 4.79 Å². The van der Waals surface area contributed by atoms with Crippen LogP contribution in [-0.4, -0.2) is 31.4 Å². The molecule has 3 rings (SSSR count). The fourth-order valence-corrected chi connectivity index (χ4v) is 2.84. The third-order valence-corrected chi connectivity index (χ3v) is 4.22. The lowest BCUT2D eigenvalue weighted by Crippen LogP contribution is -2.10. The molecule has 0 aliphatic carbocycles. The SMILES string of the molecule is COc1cccc(OCCOc2ccc3ccccc3c2C=C(C#N)C(=O)O)c1. The van der Waals surface area contributed by atoms with Gasteiger partial charge < -0.3 is 19.3 Å². The molecule has 6 nitrogen and oxygen atoms in total. The number of methoxy groups -OCH3 is 1. The summed E-state index contributed by atoms with van der Waals surface area (Å²) in [6.07, 6.45) is 1.34. The number of benzene rings is 3. The average molecular weight is 389 g/mol. The van der Waals surface area contributed by atoms with E-state index in [9.17, 15) is 9.90 Å². The normalized spacial score (nSPS) is 11.0. The number of carboxylic acids is 1. The first-order valence-corrected chi connectivity index (χ1v) is 8.89. The van der Waals surface area contributed by atoms with Crippen molar-refractivity contribution in [3.05, 3.63) is 71.8 Å². The molecule has 0 radical (unpaired) electrons. The van der Waals surface area contributed by atoms with Crippen molar-refractivity contribution in [2.24, 2.45) is 0 Å². The summed E-state index contributed by atoms with van der Waals surface area (Å²) >= 11 is 0. The second-order valence-corrected chi connectivity index (χ2v) is 6.05. The minimum Gasteiger partial charge on any atom is -0.497 e.